The lowest BCUT2D eigenvalue weighted by molar-refractivity contribution is -0.120. The van der Waals surface area contributed by atoms with Crippen LogP contribution in [0, 0.1) is 5.82 Å². The lowest BCUT2D eigenvalue weighted by atomic mass is 10.2. The molecule has 152 valence electrons. The highest BCUT2D eigenvalue weighted by atomic mass is 32.1. The first-order valence-corrected chi connectivity index (χ1v) is 9.83. The van der Waals surface area contributed by atoms with Crippen LogP contribution in [0.15, 0.2) is 65.7 Å². The summed E-state index contributed by atoms with van der Waals surface area (Å²) in [6.07, 6.45) is 0. The van der Waals surface area contributed by atoms with E-state index < -0.39 is 17.6 Å². The molecule has 2 aromatic carbocycles. The van der Waals surface area contributed by atoms with Gasteiger partial charge >= 0.3 is 0 Å². The molecule has 0 unspecified atom stereocenters. The fourth-order valence-electron chi connectivity index (χ4n) is 3.17. The van der Waals surface area contributed by atoms with E-state index in [1.807, 2.05) is 5.38 Å². The van der Waals surface area contributed by atoms with Crippen LogP contribution >= 0.6 is 11.3 Å². The summed E-state index contributed by atoms with van der Waals surface area (Å²) in [5.74, 6) is -0.488. The Morgan fingerprint density at radius 2 is 1.67 bits per heavy atom. The summed E-state index contributed by atoms with van der Waals surface area (Å²) in [6.45, 7) is 0. The van der Waals surface area contributed by atoms with Crippen LogP contribution in [0.5, 0.6) is 11.5 Å². The zero-order valence-corrected chi connectivity index (χ0v) is 17.0. The molecule has 3 aromatic rings. The minimum absolute atomic E-state index is 0.129. The summed E-state index contributed by atoms with van der Waals surface area (Å²) in [7, 11) is 2.98. The van der Waals surface area contributed by atoms with Crippen LogP contribution in [0.2, 0.25) is 0 Å². The number of methoxy groups -OCH3 is 2. The van der Waals surface area contributed by atoms with Crippen molar-refractivity contribution < 1.29 is 23.5 Å². The Balaban J connectivity index is 1.77. The second-order valence-corrected chi connectivity index (χ2v) is 7.29. The van der Waals surface area contributed by atoms with E-state index in [1.54, 1.807) is 30.3 Å². The summed E-state index contributed by atoms with van der Waals surface area (Å²) >= 11 is 1.35. The van der Waals surface area contributed by atoms with Gasteiger partial charge in [0.05, 0.1) is 25.5 Å². The number of carbonyl (C=O) groups is 2. The molecule has 2 amide bonds. The number of amides is 2. The number of hydrogen-bond donors (Lipinski definition) is 1. The molecule has 4 rings (SSSR count). The standard InChI is InChI=1S/C22H17FN2O4S/c1-28-16-10-9-15(12-17(16)29-2)25-21(26)19(18-4-3-11-30-18)20(22(25)27)24-14-7-5-13(23)6-8-14/h3-12,24H,1-2H3. The summed E-state index contributed by atoms with van der Waals surface area (Å²) < 4.78 is 23.8. The second kappa shape index (κ2) is 8.00. The number of rotatable bonds is 6. The maximum atomic E-state index is 13.3. The van der Waals surface area contributed by atoms with Gasteiger partial charge in [-0.2, -0.15) is 0 Å². The Morgan fingerprint density at radius 1 is 0.933 bits per heavy atom. The molecule has 1 N–H and O–H groups in total. The Hall–Kier alpha value is -3.65. The van der Waals surface area contributed by atoms with Crippen LogP contribution in [0.4, 0.5) is 15.8 Å². The fraction of sp³-hybridized carbons (Fsp3) is 0.0909. The number of thiophene rings is 1. The number of hydrogen-bond acceptors (Lipinski definition) is 6. The normalized spacial score (nSPS) is 13.8. The molecule has 0 bridgehead atoms. The molecule has 1 aliphatic heterocycles. The number of nitrogens with zero attached hydrogens (tertiary/aromatic N) is 1. The molecule has 6 nitrogen and oxygen atoms in total. The summed E-state index contributed by atoms with van der Waals surface area (Å²) in [5, 5.41) is 4.82. The molecular weight excluding hydrogens is 407 g/mol. The van der Waals surface area contributed by atoms with Crippen molar-refractivity contribution in [3.63, 3.8) is 0 Å². The molecular formula is C22H17FN2O4S. The predicted molar refractivity (Wildman–Crippen MR) is 113 cm³/mol. The van der Waals surface area contributed by atoms with E-state index in [1.165, 1.54) is 49.8 Å². The lowest BCUT2D eigenvalue weighted by Gasteiger charge is -2.17. The predicted octanol–water partition coefficient (Wildman–Crippen LogP) is 4.30. The topological polar surface area (TPSA) is 67.9 Å². The maximum Gasteiger partial charge on any atom is 0.282 e. The van der Waals surface area contributed by atoms with Gasteiger partial charge in [-0.15, -0.1) is 11.3 Å². The lowest BCUT2D eigenvalue weighted by Crippen LogP contribution is -2.32. The zero-order valence-electron chi connectivity index (χ0n) is 16.1. The molecule has 2 heterocycles. The largest absolute Gasteiger partial charge is 0.493 e. The van der Waals surface area contributed by atoms with Crippen molar-refractivity contribution in [3.8, 4) is 11.5 Å². The van der Waals surface area contributed by atoms with Crippen molar-refractivity contribution in [2.24, 2.45) is 0 Å². The van der Waals surface area contributed by atoms with Crippen molar-refractivity contribution in [1.29, 1.82) is 0 Å². The molecule has 0 aliphatic carbocycles. The number of anilines is 2. The van der Waals surface area contributed by atoms with E-state index in [9.17, 15) is 14.0 Å². The molecule has 8 heteroatoms. The molecule has 0 fully saturated rings. The molecule has 0 radical (unpaired) electrons. The quantitative estimate of drug-likeness (QED) is 0.598. The number of ether oxygens (including phenoxy) is 2. The van der Waals surface area contributed by atoms with E-state index in [0.29, 0.717) is 27.8 Å². The molecule has 30 heavy (non-hydrogen) atoms. The highest BCUT2D eigenvalue weighted by Gasteiger charge is 2.41. The third kappa shape index (κ3) is 3.42. The number of carbonyl (C=O) groups excluding carboxylic acids is 2. The Bertz CT molecular complexity index is 1140. The van der Waals surface area contributed by atoms with Crippen molar-refractivity contribution >= 4 is 40.1 Å². The van der Waals surface area contributed by atoms with Gasteiger partial charge in [0.1, 0.15) is 11.5 Å². The van der Waals surface area contributed by atoms with Gasteiger partial charge in [0.2, 0.25) is 0 Å². The second-order valence-electron chi connectivity index (χ2n) is 6.34. The first-order chi connectivity index (χ1) is 14.5. The van der Waals surface area contributed by atoms with Gasteiger partial charge in [-0.3, -0.25) is 9.59 Å². The van der Waals surface area contributed by atoms with E-state index in [-0.39, 0.29) is 11.3 Å². The van der Waals surface area contributed by atoms with E-state index in [4.69, 9.17) is 9.47 Å². The first-order valence-electron chi connectivity index (χ1n) is 8.95. The molecule has 0 saturated carbocycles. The highest BCUT2D eigenvalue weighted by molar-refractivity contribution is 7.11. The van der Waals surface area contributed by atoms with Crippen LogP contribution in [0.3, 0.4) is 0 Å². The average molecular weight is 424 g/mol. The summed E-state index contributed by atoms with van der Waals surface area (Å²) in [5.41, 5.74) is 1.24. The first kappa shape index (κ1) is 19.7. The van der Waals surface area contributed by atoms with Gasteiger partial charge in [-0.1, -0.05) is 6.07 Å². The van der Waals surface area contributed by atoms with E-state index in [2.05, 4.69) is 5.32 Å². The number of imide groups is 1. The van der Waals surface area contributed by atoms with Crippen molar-refractivity contribution in [1.82, 2.24) is 0 Å². The summed E-state index contributed by atoms with van der Waals surface area (Å²) in [4.78, 5) is 28.3. The van der Waals surface area contributed by atoms with Crippen LogP contribution in [-0.4, -0.2) is 26.0 Å². The van der Waals surface area contributed by atoms with Gasteiger partial charge in [0, 0.05) is 16.6 Å². The Labute approximate surface area is 176 Å². The molecule has 0 atom stereocenters. The van der Waals surface area contributed by atoms with Crippen molar-refractivity contribution in [2.75, 3.05) is 24.4 Å². The van der Waals surface area contributed by atoms with Gasteiger partial charge in [0.25, 0.3) is 11.8 Å². The number of benzene rings is 2. The van der Waals surface area contributed by atoms with Gasteiger partial charge in [0.15, 0.2) is 11.5 Å². The Kier molecular flexibility index (Phi) is 5.24. The third-order valence-corrected chi connectivity index (χ3v) is 5.48. The Morgan fingerprint density at radius 3 is 2.30 bits per heavy atom. The smallest absolute Gasteiger partial charge is 0.282 e. The summed E-state index contributed by atoms with van der Waals surface area (Å²) in [6, 6.07) is 14.0. The van der Waals surface area contributed by atoms with Gasteiger partial charge < -0.3 is 14.8 Å². The monoisotopic (exact) mass is 424 g/mol. The average Bonchev–Trinajstić information content (AvgIpc) is 3.36. The molecule has 0 saturated heterocycles. The molecule has 0 spiro atoms. The zero-order chi connectivity index (χ0) is 21.3. The number of nitrogens with one attached hydrogen (secondary N) is 1. The van der Waals surface area contributed by atoms with Crippen molar-refractivity contribution in [2.45, 2.75) is 0 Å². The molecule has 1 aliphatic rings. The fourth-order valence-corrected chi connectivity index (χ4v) is 3.94. The highest BCUT2D eigenvalue weighted by Crippen LogP contribution is 2.38. The van der Waals surface area contributed by atoms with E-state index >= 15 is 0 Å². The van der Waals surface area contributed by atoms with Gasteiger partial charge in [-0.05, 0) is 47.8 Å². The van der Waals surface area contributed by atoms with E-state index in [0.717, 1.165) is 4.90 Å². The van der Waals surface area contributed by atoms with Crippen LogP contribution < -0.4 is 19.7 Å². The SMILES string of the molecule is COc1ccc(N2C(=O)C(Nc3ccc(F)cc3)=C(c3cccs3)C2=O)cc1OC. The van der Waals surface area contributed by atoms with Gasteiger partial charge in [-0.25, -0.2) is 9.29 Å². The molecule has 1 aromatic heterocycles. The van der Waals surface area contributed by atoms with Crippen molar-refractivity contribution in [3.05, 3.63) is 76.4 Å². The number of halogens is 1. The minimum Gasteiger partial charge on any atom is -0.493 e. The third-order valence-electron chi connectivity index (χ3n) is 4.59. The van der Waals surface area contributed by atoms with Crippen LogP contribution in [-0.2, 0) is 9.59 Å². The van der Waals surface area contributed by atoms with Crippen LogP contribution in [0.1, 0.15) is 4.88 Å². The van der Waals surface area contributed by atoms with Crippen LogP contribution in [0.25, 0.3) is 5.57 Å². The maximum absolute atomic E-state index is 13.3. The minimum atomic E-state index is -0.514.